The minimum absolute atomic E-state index is 0.680. The van der Waals surface area contributed by atoms with Gasteiger partial charge in [-0.3, -0.25) is 4.79 Å². The molecule has 0 saturated heterocycles. The number of carbonyl (C=O) groups is 1. The quantitative estimate of drug-likeness (QED) is 0.518. The lowest BCUT2D eigenvalue weighted by Crippen LogP contribution is -2.23. The van der Waals surface area contributed by atoms with E-state index in [-0.39, 0.29) is 0 Å². The van der Waals surface area contributed by atoms with Crippen LogP contribution < -0.4 is 14.4 Å². The maximum absolute atomic E-state index is 11.7. The first kappa shape index (κ1) is 19.5. The molecule has 0 bridgehead atoms. The van der Waals surface area contributed by atoms with Gasteiger partial charge in [0.05, 0.1) is 14.2 Å². The molecular weight excluding hydrogens is 350 g/mol. The number of anilines is 1. The molecule has 3 aromatic rings. The molecule has 4 nitrogen and oxygen atoms in total. The third kappa shape index (κ3) is 4.71. The number of hydrogen-bond acceptors (Lipinski definition) is 4. The first-order valence-electron chi connectivity index (χ1n) is 9.19. The monoisotopic (exact) mass is 375 g/mol. The normalized spacial score (nSPS) is 10.4. The SMILES string of the molecule is COc1ccc(CN(Cc2ccc(OC)cc2)c2ccc(C)cc2C=O)cc1. The van der Waals surface area contributed by atoms with Gasteiger partial charge in [0.2, 0.25) is 0 Å². The molecular formula is C24H25NO3. The highest BCUT2D eigenvalue weighted by Crippen LogP contribution is 2.26. The van der Waals surface area contributed by atoms with Gasteiger partial charge in [-0.1, -0.05) is 35.9 Å². The summed E-state index contributed by atoms with van der Waals surface area (Å²) in [5.41, 5.74) is 4.98. The highest BCUT2D eigenvalue weighted by molar-refractivity contribution is 5.85. The van der Waals surface area contributed by atoms with E-state index in [1.54, 1.807) is 14.2 Å². The molecule has 0 saturated carbocycles. The van der Waals surface area contributed by atoms with E-state index in [9.17, 15) is 4.79 Å². The Hall–Kier alpha value is -3.27. The van der Waals surface area contributed by atoms with Gasteiger partial charge in [0.25, 0.3) is 0 Å². The maximum atomic E-state index is 11.7. The number of ether oxygens (including phenoxy) is 2. The predicted octanol–water partition coefficient (Wildman–Crippen LogP) is 5.03. The Morgan fingerprint density at radius 3 is 1.71 bits per heavy atom. The smallest absolute Gasteiger partial charge is 0.152 e. The minimum Gasteiger partial charge on any atom is -0.497 e. The number of aryl methyl sites for hydroxylation is 1. The minimum atomic E-state index is 0.680. The third-order valence-electron chi connectivity index (χ3n) is 4.72. The van der Waals surface area contributed by atoms with Crippen LogP contribution in [0.25, 0.3) is 0 Å². The fraction of sp³-hybridized carbons (Fsp3) is 0.208. The van der Waals surface area contributed by atoms with Crippen molar-refractivity contribution in [3.63, 3.8) is 0 Å². The molecule has 3 rings (SSSR count). The average Bonchev–Trinajstić information content (AvgIpc) is 2.74. The fourth-order valence-electron chi connectivity index (χ4n) is 3.19. The van der Waals surface area contributed by atoms with Crippen LogP contribution in [-0.2, 0) is 13.1 Å². The lowest BCUT2D eigenvalue weighted by Gasteiger charge is -2.27. The van der Waals surface area contributed by atoms with Crippen LogP contribution in [0.5, 0.6) is 11.5 Å². The standard InChI is InChI=1S/C24H25NO3/c1-18-4-13-24(21(14-18)17-26)25(15-19-5-9-22(27-2)10-6-19)16-20-7-11-23(28-3)12-8-20/h4-14,17H,15-16H2,1-3H3. The number of aldehydes is 1. The number of carbonyl (C=O) groups excluding carboxylic acids is 1. The van der Waals surface area contributed by atoms with Gasteiger partial charge in [0.15, 0.2) is 6.29 Å². The number of nitrogens with zero attached hydrogens (tertiary/aromatic N) is 1. The van der Waals surface area contributed by atoms with Crippen molar-refractivity contribution in [1.29, 1.82) is 0 Å². The van der Waals surface area contributed by atoms with E-state index in [2.05, 4.69) is 29.2 Å². The Bertz CT molecular complexity index is 868. The van der Waals surface area contributed by atoms with Gasteiger partial charge in [-0.05, 0) is 54.4 Å². The van der Waals surface area contributed by atoms with E-state index >= 15 is 0 Å². The summed E-state index contributed by atoms with van der Waals surface area (Å²) in [6.07, 6.45) is 0.928. The number of rotatable bonds is 8. The van der Waals surface area contributed by atoms with Crippen molar-refractivity contribution in [3.8, 4) is 11.5 Å². The highest BCUT2D eigenvalue weighted by atomic mass is 16.5. The molecule has 0 aliphatic carbocycles. The van der Waals surface area contributed by atoms with Gasteiger partial charge in [-0.25, -0.2) is 0 Å². The summed E-state index contributed by atoms with van der Waals surface area (Å²) in [6, 6.07) is 22.0. The second-order valence-electron chi connectivity index (χ2n) is 6.73. The van der Waals surface area contributed by atoms with E-state index in [0.29, 0.717) is 18.7 Å². The maximum Gasteiger partial charge on any atom is 0.152 e. The van der Waals surface area contributed by atoms with Crippen molar-refractivity contribution in [3.05, 3.63) is 89.0 Å². The van der Waals surface area contributed by atoms with E-state index in [1.165, 1.54) is 0 Å². The summed E-state index contributed by atoms with van der Waals surface area (Å²) < 4.78 is 10.5. The summed E-state index contributed by atoms with van der Waals surface area (Å²) in [4.78, 5) is 13.9. The van der Waals surface area contributed by atoms with Gasteiger partial charge in [-0.15, -0.1) is 0 Å². The molecule has 0 fully saturated rings. The largest absolute Gasteiger partial charge is 0.497 e. The van der Waals surface area contributed by atoms with Crippen molar-refractivity contribution in [2.24, 2.45) is 0 Å². The molecule has 0 aliphatic heterocycles. The van der Waals surface area contributed by atoms with Crippen LogP contribution in [0.2, 0.25) is 0 Å². The van der Waals surface area contributed by atoms with Crippen LogP contribution in [0.3, 0.4) is 0 Å². The summed E-state index contributed by atoms with van der Waals surface area (Å²) >= 11 is 0. The van der Waals surface area contributed by atoms with Crippen LogP contribution in [-0.4, -0.2) is 20.5 Å². The van der Waals surface area contributed by atoms with Gasteiger partial charge in [0, 0.05) is 24.3 Å². The zero-order valence-electron chi connectivity index (χ0n) is 16.5. The topological polar surface area (TPSA) is 38.8 Å². The zero-order chi connectivity index (χ0) is 19.9. The van der Waals surface area contributed by atoms with Crippen molar-refractivity contribution >= 4 is 12.0 Å². The third-order valence-corrected chi connectivity index (χ3v) is 4.72. The van der Waals surface area contributed by atoms with Crippen LogP contribution in [0, 0.1) is 6.92 Å². The van der Waals surface area contributed by atoms with Crippen molar-refractivity contribution in [2.45, 2.75) is 20.0 Å². The molecule has 0 spiro atoms. The molecule has 0 aliphatic rings. The zero-order valence-corrected chi connectivity index (χ0v) is 16.5. The molecule has 0 heterocycles. The van der Waals surface area contributed by atoms with E-state index < -0.39 is 0 Å². The summed E-state index contributed by atoms with van der Waals surface area (Å²) in [6.45, 7) is 3.36. The number of methoxy groups -OCH3 is 2. The molecule has 0 amide bonds. The summed E-state index contributed by atoms with van der Waals surface area (Å²) in [7, 11) is 3.32. The summed E-state index contributed by atoms with van der Waals surface area (Å²) in [5.74, 6) is 1.66. The Kier molecular flexibility index (Phi) is 6.33. The molecule has 0 atom stereocenters. The molecule has 144 valence electrons. The number of benzene rings is 3. The Morgan fingerprint density at radius 2 is 1.29 bits per heavy atom. The molecule has 0 aromatic heterocycles. The lowest BCUT2D eigenvalue weighted by molar-refractivity contribution is 0.112. The summed E-state index contributed by atoms with van der Waals surface area (Å²) in [5, 5.41) is 0. The molecule has 0 radical (unpaired) electrons. The molecule has 28 heavy (non-hydrogen) atoms. The molecule has 0 N–H and O–H groups in total. The van der Waals surface area contributed by atoms with Crippen molar-refractivity contribution in [1.82, 2.24) is 0 Å². The Labute approximate surface area is 166 Å². The van der Waals surface area contributed by atoms with Gasteiger partial charge in [0.1, 0.15) is 11.5 Å². The first-order valence-corrected chi connectivity index (χ1v) is 9.19. The Balaban J connectivity index is 1.93. The number of hydrogen-bond donors (Lipinski definition) is 0. The van der Waals surface area contributed by atoms with Gasteiger partial charge >= 0.3 is 0 Å². The fourth-order valence-corrected chi connectivity index (χ4v) is 3.19. The van der Waals surface area contributed by atoms with Crippen molar-refractivity contribution in [2.75, 3.05) is 19.1 Å². The average molecular weight is 375 g/mol. The van der Waals surface area contributed by atoms with Crippen LogP contribution in [0.15, 0.2) is 66.7 Å². The van der Waals surface area contributed by atoms with Crippen LogP contribution in [0.4, 0.5) is 5.69 Å². The molecule has 0 unspecified atom stereocenters. The van der Waals surface area contributed by atoms with Crippen LogP contribution in [0.1, 0.15) is 27.0 Å². The van der Waals surface area contributed by atoms with Gasteiger partial charge in [-0.2, -0.15) is 0 Å². The first-order chi connectivity index (χ1) is 13.6. The van der Waals surface area contributed by atoms with E-state index in [0.717, 1.165) is 40.2 Å². The van der Waals surface area contributed by atoms with E-state index in [4.69, 9.17) is 9.47 Å². The predicted molar refractivity (Wildman–Crippen MR) is 112 cm³/mol. The lowest BCUT2D eigenvalue weighted by atomic mass is 10.1. The molecule has 3 aromatic carbocycles. The van der Waals surface area contributed by atoms with Crippen molar-refractivity contribution < 1.29 is 14.3 Å². The van der Waals surface area contributed by atoms with Crippen LogP contribution >= 0.6 is 0 Å². The molecule has 4 heteroatoms. The Morgan fingerprint density at radius 1 is 0.786 bits per heavy atom. The second-order valence-corrected chi connectivity index (χ2v) is 6.73. The highest BCUT2D eigenvalue weighted by Gasteiger charge is 2.13. The second kappa shape index (κ2) is 9.09. The van der Waals surface area contributed by atoms with Gasteiger partial charge < -0.3 is 14.4 Å². The van der Waals surface area contributed by atoms with E-state index in [1.807, 2.05) is 49.4 Å².